The fourth-order valence-electron chi connectivity index (χ4n) is 2.12. The SMILES string of the molecule is Cc1cc(C)cc(COc2cccc(C#CCO)c2)c1. The lowest BCUT2D eigenvalue weighted by molar-refractivity contribution is 0.306. The van der Waals surface area contributed by atoms with Crippen molar-refractivity contribution in [2.24, 2.45) is 0 Å². The van der Waals surface area contributed by atoms with Crippen molar-refractivity contribution in [3.05, 3.63) is 64.7 Å². The molecule has 2 aromatic rings. The minimum Gasteiger partial charge on any atom is -0.489 e. The Kier molecular flexibility index (Phi) is 4.81. The molecule has 0 atom stereocenters. The first kappa shape index (κ1) is 14.2. The molecule has 2 aromatic carbocycles. The number of ether oxygens (including phenoxy) is 1. The van der Waals surface area contributed by atoms with Crippen LogP contribution in [-0.4, -0.2) is 11.7 Å². The Morgan fingerprint density at radius 1 is 1.05 bits per heavy atom. The smallest absolute Gasteiger partial charge is 0.121 e. The summed E-state index contributed by atoms with van der Waals surface area (Å²) in [5.41, 5.74) is 4.49. The van der Waals surface area contributed by atoms with Gasteiger partial charge in [0.2, 0.25) is 0 Å². The quantitative estimate of drug-likeness (QED) is 0.864. The highest BCUT2D eigenvalue weighted by Gasteiger charge is 1.99. The maximum atomic E-state index is 8.70. The standard InChI is InChI=1S/C18H18O2/c1-14-9-15(2)11-17(10-14)13-20-18-7-3-5-16(12-18)6-4-8-19/h3,5,7,9-12,19H,8,13H2,1-2H3. The molecule has 0 radical (unpaired) electrons. The van der Waals surface area contributed by atoms with Gasteiger partial charge in [0, 0.05) is 5.56 Å². The van der Waals surface area contributed by atoms with Gasteiger partial charge in [0.25, 0.3) is 0 Å². The molecule has 0 aliphatic carbocycles. The maximum Gasteiger partial charge on any atom is 0.121 e. The molecule has 2 rings (SSSR count). The van der Waals surface area contributed by atoms with Gasteiger partial charge in [-0.1, -0.05) is 47.2 Å². The zero-order valence-electron chi connectivity index (χ0n) is 11.8. The highest BCUT2D eigenvalue weighted by atomic mass is 16.5. The predicted molar refractivity (Wildman–Crippen MR) is 80.7 cm³/mol. The second kappa shape index (κ2) is 6.79. The highest BCUT2D eigenvalue weighted by molar-refractivity contribution is 5.40. The summed E-state index contributed by atoms with van der Waals surface area (Å²) in [6.45, 7) is 4.58. The van der Waals surface area contributed by atoms with Crippen LogP contribution in [0.5, 0.6) is 5.75 Å². The molecule has 0 saturated carbocycles. The van der Waals surface area contributed by atoms with Crippen molar-refractivity contribution in [3.8, 4) is 17.6 Å². The summed E-state index contributed by atoms with van der Waals surface area (Å²) in [6.07, 6.45) is 0. The van der Waals surface area contributed by atoms with Crippen LogP contribution in [0.25, 0.3) is 0 Å². The van der Waals surface area contributed by atoms with E-state index in [4.69, 9.17) is 9.84 Å². The van der Waals surface area contributed by atoms with E-state index < -0.39 is 0 Å². The van der Waals surface area contributed by atoms with Gasteiger partial charge >= 0.3 is 0 Å². The molecule has 0 heterocycles. The summed E-state index contributed by atoms with van der Waals surface area (Å²) in [5, 5.41) is 8.70. The minimum atomic E-state index is -0.131. The van der Waals surface area contributed by atoms with E-state index in [-0.39, 0.29) is 6.61 Å². The zero-order valence-corrected chi connectivity index (χ0v) is 11.8. The highest BCUT2D eigenvalue weighted by Crippen LogP contribution is 2.16. The Morgan fingerprint density at radius 3 is 2.50 bits per heavy atom. The summed E-state index contributed by atoms with van der Waals surface area (Å²) in [4.78, 5) is 0. The van der Waals surface area contributed by atoms with Gasteiger partial charge in [-0.2, -0.15) is 0 Å². The number of hydrogen-bond donors (Lipinski definition) is 1. The van der Waals surface area contributed by atoms with Gasteiger partial charge in [0.1, 0.15) is 19.0 Å². The Hall–Kier alpha value is -2.24. The molecule has 0 bridgehead atoms. The summed E-state index contributed by atoms with van der Waals surface area (Å²) in [7, 11) is 0. The van der Waals surface area contributed by atoms with Crippen LogP contribution in [0.1, 0.15) is 22.3 Å². The fraction of sp³-hybridized carbons (Fsp3) is 0.222. The van der Waals surface area contributed by atoms with Crippen molar-refractivity contribution in [2.75, 3.05) is 6.61 Å². The van der Waals surface area contributed by atoms with Gasteiger partial charge in [-0.25, -0.2) is 0 Å². The van der Waals surface area contributed by atoms with E-state index in [0.29, 0.717) is 6.61 Å². The fourth-order valence-corrected chi connectivity index (χ4v) is 2.12. The van der Waals surface area contributed by atoms with Crippen LogP contribution in [0, 0.1) is 25.7 Å². The molecule has 0 fully saturated rings. The number of rotatable bonds is 3. The number of aliphatic hydroxyl groups excluding tert-OH is 1. The molecule has 0 spiro atoms. The summed E-state index contributed by atoms with van der Waals surface area (Å²) >= 11 is 0. The maximum absolute atomic E-state index is 8.70. The van der Waals surface area contributed by atoms with Gasteiger partial charge in [-0.15, -0.1) is 0 Å². The lowest BCUT2D eigenvalue weighted by Crippen LogP contribution is -1.96. The average molecular weight is 266 g/mol. The van der Waals surface area contributed by atoms with E-state index in [0.717, 1.165) is 16.9 Å². The van der Waals surface area contributed by atoms with Crippen LogP contribution in [-0.2, 0) is 6.61 Å². The third kappa shape index (κ3) is 4.15. The van der Waals surface area contributed by atoms with Crippen LogP contribution in [0.3, 0.4) is 0 Å². The molecule has 0 saturated heterocycles. The van der Waals surface area contributed by atoms with Crippen molar-refractivity contribution in [3.63, 3.8) is 0 Å². The first-order valence-corrected chi connectivity index (χ1v) is 6.57. The van der Waals surface area contributed by atoms with Gasteiger partial charge in [0.15, 0.2) is 0 Å². The van der Waals surface area contributed by atoms with Crippen LogP contribution < -0.4 is 4.74 Å². The first-order chi connectivity index (χ1) is 9.67. The van der Waals surface area contributed by atoms with Crippen LogP contribution in [0.4, 0.5) is 0 Å². The Morgan fingerprint density at radius 2 is 1.80 bits per heavy atom. The lowest BCUT2D eigenvalue weighted by Gasteiger charge is -2.08. The van der Waals surface area contributed by atoms with Crippen LogP contribution in [0.2, 0.25) is 0 Å². The van der Waals surface area contributed by atoms with Crippen molar-refractivity contribution < 1.29 is 9.84 Å². The lowest BCUT2D eigenvalue weighted by atomic mass is 10.1. The van der Waals surface area contributed by atoms with Crippen molar-refractivity contribution in [2.45, 2.75) is 20.5 Å². The Balaban J connectivity index is 2.07. The topological polar surface area (TPSA) is 29.5 Å². The van der Waals surface area contributed by atoms with Gasteiger partial charge in [-0.05, 0) is 37.6 Å². The molecule has 102 valence electrons. The first-order valence-electron chi connectivity index (χ1n) is 6.57. The van der Waals surface area contributed by atoms with E-state index in [1.807, 2.05) is 24.3 Å². The van der Waals surface area contributed by atoms with Crippen molar-refractivity contribution in [1.29, 1.82) is 0 Å². The molecular formula is C18H18O2. The summed E-state index contributed by atoms with van der Waals surface area (Å²) < 4.78 is 5.79. The third-order valence-corrected chi connectivity index (χ3v) is 2.83. The average Bonchev–Trinajstić information content (AvgIpc) is 2.42. The van der Waals surface area contributed by atoms with Gasteiger partial charge in [-0.3, -0.25) is 0 Å². The second-order valence-electron chi connectivity index (χ2n) is 4.77. The number of hydrogen-bond acceptors (Lipinski definition) is 2. The van der Waals surface area contributed by atoms with Crippen LogP contribution >= 0.6 is 0 Å². The molecule has 20 heavy (non-hydrogen) atoms. The van der Waals surface area contributed by atoms with E-state index >= 15 is 0 Å². The molecule has 1 N–H and O–H groups in total. The molecule has 2 heteroatoms. The van der Waals surface area contributed by atoms with E-state index in [9.17, 15) is 0 Å². The molecule has 0 aromatic heterocycles. The van der Waals surface area contributed by atoms with Gasteiger partial charge < -0.3 is 9.84 Å². The predicted octanol–water partition coefficient (Wildman–Crippen LogP) is 3.23. The molecule has 0 amide bonds. The number of benzene rings is 2. The largest absolute Gasteiger partial charge is 0.489 e. The summed E-state index contributed by atoms with van der Waals surface area (Å²) in [5.74, 6) is 6.29. The normalized spacial score (nSPS) is 9.75. The monoisotopic (exact) mass is 266 g/mol. The van der Waals surface area contributed by atoms with Crippen molar-refractivity contribution >= 4 is 0 Å². The third-order valence-electron chi connectivity index (χ3n) is 2.83. The molecule has 0 unspecified atom stereocenters. The minimum absolute atomic E-state index is 0.131. The van der Waals surface area contributed by atoms with Gasteiger partial charge in [0.05, 0.1) is 0 Å². The van der Waals surface area contributed by atoms with Crippen LogP contribution in [0.15, 0.2) is 42.5 Å². The Bertz CT molecular complexity index is 628. The molecule has 2 nitrogen and oxygen atoms in total. The zero-order chi connectivity index (χ0) is 14.4. The second-order valence-corrected chi connectivity index (χ2v) is 4.77. The van der Waals surface area contributed by atoms with E-state index in [2.05, 4.69) is 43.9 Å². The molecule has 0 aliphatic heterocycles. The van der Waals surface area contributed by atoms with E-state index in [1.54, 1.807) is 0 Å². The van der Waals surface area contributed by atoms with E-state index in [1.165, 1.54) is 11.1 Å². The summed E-state index contributed by atoms with van der Waals surface area (Å²) in [6, 6.07) is 14.0. The molecular weight excluding hydrogens is 248 g/mol. The number of aliphatic hydroxyl groups is 1. The van der Waals surface area contributed by atoms with Crippen molar-refractivity contribution in [1.82, 2.24) is 0 Å². The Labute approximate surface area is 120 Å². The molecule has 0 aliphatic rings. The number of aryl methyl sites for hydroxylation is 2.